The summed E-state index contributed by atoms with van der Waals surface area (Å²) in [5.74, 6) is 1.40. The number of ether oxygens (including phenoxy) is 1. The number of nitrogens with two attached hydrogens (primary N) is 1. The summed E-state index contributed by atoms with van der Waals surface area (Å²) in [6, 6.07) is 5.30. The SMILES string of the molecule is COC1(c2noc(-c3cccc(N)n3)n2)CCC1. The van der Waals surface area contributed by atoms with Crippen molar-refractivity contribution in [3.63, 3.8) is 0 Å². The van der Waals surface area contributed by atoms with Gasteiger partial charge in [0, 0.05) is 7.11 Å². The topological polar surface area (TPSA) is 87.1 Å². The molecule has 6 heteroatoms. The molecule has 2 heterocycles. The van der Waals surface area contributed by atoms with Gasteiger partial charge in [-0.25, -0.2) is 4.98 Å². The number of methoxy groups -OCH3 is 1. The Morgan fingerprint density at radius 1 is 1.33 bits per heavy atom. The highest BCUT2D eigenvalue weighted by atomic mass is 16.5. The fourth-order valence-electron chi connectivity index (χ4n) is 2.10. The Hall–Kier alpha value is -1.95. The van der Waals surface area contributed by atoms with Crippen molar-refractivity contribution in [3.05, 3.63) is 24.0 Å². The van der Waals surface area contributed by atoms with Gasteiger partial charge >= 0.3 is 0 Å². The lowest BCUT2D eigenvalue weighted by Gasteiger charge is -2.37. The summed E-state index contributed by atoms with van der Waals surface area (Å²) in [5, 5.41) is 4.00. The summed E-state index contributed by atoms with van der Waals surface area (Å²) in [5.41, 5.74) is 5.84. The molecule has 2 N–H and O–H groups in total. The van der Waals surface area contributed by atoms with E-state index in [0.29, 0.717) is 23.2 Å². The van der Waals surface area contributed by atoms with Gasteiger partial charge in [0.15, 0.2) is 0 Å². The number of aromatic nitrogens is 3. The van der Waals surface area contributed by atoms with Crippen LogP contribution in [0.25, 0.3) is 11.6 Å². The lowest BCUT2D eigenvalue weighted by molar-refractivity contribution is -0.0858. The minimum atomic E-state index is -0.373. The molecule has 0 aliphatic heterocycles. The van der Waals surface area contributed by atoms with E-state index >= 15 is 0 Å². The highest BCUT2D eigenvalue weighted by Gasteiger charge is 2.43. The predicted octanol–water partition coefficient (Wildman–Crippen LogP) is 1.74. The lowest BCUT2D eigenvalue weighted by Crippen LogP contribution is -2.37. The summed E-state index contributed by atoms with van der Waals surface area (Å²) in [6.45, 7) is 0. The van der Waals surface area contributed by atoms with Gasteiger partial charge in [-0.2, -0.15) is 4.98 Å². The highest BCUT2D eigenvalue weighted by Crippen LogP contribution is 2.43. The third-order valence-electron chi connectivity index (χ3n) is 3.38. The normalized spacial score (nSPS) is 17.4. The number of hydrogen-bond acceptors (Lipinski definition) is 6. The molecule has 6 nitrogen and oxygen atoms in total. The zero-order valence-corrected chi connectivity index (χ0v) is 10.1. The lowest BCUT2D eigenvalue weighted by atomic mass is 9.79. The van der Waals surface area contributed by atoms with Gasteiger partial charge in [-0.1, -0.05) is 11.2 Å². The summed E-state index contributed by atoms with van der Waals surface area (Å²) < 4.78 is 10.7. The van der Waals surface area contributed by atoms with Crippen LogP contribution in [0.2, 0.25) is 0 Å². The zero-order chi connectivity index (χ0) is 12.6. The van der Waals surface area contributed by atoms with Crippen LogP contribution in [0.5, 0.6) is 0 Å². The number of anilines is 1. The standard InChI is InChI=1S/C12H14N4O2/c1-17-12(6-3-7-12)11-15-10(18-16-11)8-4-2-5-9(13)14-8/h2,4-5H,3,6-7H2,1H3,(H2,13,14). The Labute approximate surface area is 104 Å². The number of hydrogen-bond donors (Lipinski definition) is 1. The molecule has 0 atom stereocenters. The van der Waals surface area contributed by atoms with Gasteiger partial charge in [-0.15, -0.1) is 0 Å². The van der Waals surface area contributed by atoms with Gasteiger partial charge in [0.25, 0.3) is 5.89 Å². The van der Waals surface area contributed by atoms with Crippen LogP contribution >= 0.6 is 0 Å². The average molecular weight is 246 g/mol. The van der Waals surface area contributed by atoms with E-state index in [1.807, 2.05) is 0 Å². The molecule has 0 radical (unpaired) electrons. The van der Waals surface area contributed by atoms with Crippen molar-refractivity contribution in [1.29, 1.82) is 0 Å². The van der Waals surface area contributed by atoms with Gasteiger partial charge in [0.05, 0.1) is 0 Å². The second-order valence-electron chi connectivity index (χ2n) is 4.42. The number of rotatable bonds is 3. The molecule has 18 heavy (non-hydrogen) atoms. The molecular formula is C12H14N4O2. The minimum absolute atomic E-state index is 0.373. The summed E-state index contributed by atoms with van der Waals surface area (Å²) >= 11 is 0. The van der Waals surface area contributed by atoms with Crippen LogP contribution in [-0.4, -0.2) is 22.2 Å². The van der Waals surface area contributed by atoms with Crippen LogP contribution in [-0.2, 0) is 10.3 Å². The van der Waals surface area contributed by atoms with Crippen molar-refractivity contribution < 1.29 is 9.26 Å². The van der Waals surface area contributed by atoms with Crippen molar-refractivity contribution in [1.82, 2.24) is 15.1 Å². The molecule has 1 fully saturated rings. The third-order valence-corrected chi connectivity index (χ3v) is 3.38. The number of nitrogens with zero attached hydrogens (tertiary/aromatic N) is 3. The quantitative estimate of drug-likeness (QED) is 0.887. The van der Waals surface area contributed by atoms with E-state index in [1.54, 1.807) is 25.3 Å². The second kappa shape index (κ2) is 4.06. The molecule has 94 valence electrons. The first-order chi connectivity index (χ1) is 8.73. The van der Waals surface area contributed by atoms with E-state index in [0.717, 1.165) is 19.3 Å². The first-order valence-electron chi connectivity index (χ1n) is 5.86. The molecule has 0 saturated heterocycles. The first-order valence-corrected chi connectivity index (χ1v) is 5.86. The van der Waals surface area contributed by atoms with Crippen molar-refractivity contribution in [2.45, 2.75) is 24.9 Å². The fraction of sp³-hybridized carbons (Fsp3) is 0.417. The monoisotopic (exact) mass is 246 g/mol. The predicted molar refractivity (Wildman–Crippen MR) is 64.5 cm³/mol. The van der Waals surface area contributed by atoms with Gasteiger partial charge < -0.3 is 15.0 Å². The van der Waals surface area contributed by atoms with Crippen LogP contribution in [0.4, 0.5) is 5.82 Å². The van der Waals surface area contributed by atoms with Crippen molar-refractivity contribution >= 4 is 5.82 Å². The molecule has 0 amide bonds. The van der Waals surface area contributed by atoms with Crippen molar-refractivity contribution in [2.75, 3.05) is 12.8 Å². The molecule has 1 aliphatic carbocycles. The minimum Gasteiger partial charge on any atom is -0.384 e. The highest BCUT2D eigenvalue weighted by molar-refractivity contribution is 5.50. The van der Waals surface area contributed by atoms with Crippen LogP contribution in [0.3, 0.4) is 0 Å². The Morgan fingerprint density at radius 3 is 2.78 bits per heavy atom. The van der Waals surface area contributed by atoms with Crippen LogP contribution < -0.4 is 5.73 Å². The van der Waals surface area contributed by atoms with Gasteiger partial charge in [0.1, 0.15) is 17.1 Å². The first kappa shape index (κ1) is 11.2. The Balaban J connectivity index is 1.94. The number of nitrogen functional groups attached to an aromatic ring is 1. The molecule has 0 spiro atoms. The van der Waals surface area contributed by atoms with Crippen molar-refractivity contribution in [3.8, 4) is 11.6 Å². The summed E-state index contributed by atoms with van der Waals surface area (Å²) in [7, 11) is 1.67. The van der Waals surface area contributed by atoms with E-state index in [9.17, 15) is 0 Å². The Bertz CT molecular complexity index is 557. The largest absolute Gasteiger partial charge is 0.384 e. The molecule has 1 aliphatic rings. The van der Waals surface area contributed by atoms with Crippen LogP contribution in [0, 0.1) is 0 Å². The molecule has 3 rings (SSSR count). The Kier molecular flexibility index (Phi) is 2.52. The van der Waals surface area contributed by atoms with Gasteiger partial charge in [0.2, 0.25) is 5.82 Å². The summed E-state index contributed by atoms with van der Waals surface area (Å²) in [6.07, 6.45) is 2.97. The molecule has 1 saturated carbocycles. The molecule has 0 unspecified atom stereocenters. The maximum atomic E-state index is 5.63. The van der Waals surface area contributed by atoms with E-state index < -0.39 is 0 Å². The summed E-state index contributed by atoms with van der Waals surface area (Å²) in [4.78, 5) is 8.51. The maximum absolute atomic E-state index is 5.63. The van der Waals surface area contributed by atoms with E-state index in [4.69, 9.17) is 15.0 Å². The van der Waals surface area contributed by atoms with Crippen LogP contribution in [0.1, 0.15) is 25.1 Å². The Morgan fingerprint density at radius 2 is 2.17 bits per heavy atom. The van der Waals surface area contributed by atoms with E-state index in [1.165, 1.54) is 0 Å². The molecule has 2 aromatic rings. The number of pyridine rings is 1. The average Bonchev–Trinajstić information content (AvgIpc) is 2.78. The molecule has 2 aromatic heterocycles. The van der Waals surface area contributed by atoms with Crippen molar-refractivity contribution in [2.24, 2.45) is 0 Å². The fourth-order valence-corrected chi connectivity index (χ4v) is 2.10. The second-order valence-corrected chi connectivity index (χ2v) is 4.42. The van der Waals surface area contributed by atoms with Gasteiger partial charge in [-0.05, 0) is 31.4 Å². The van der Waals surface area contributed by atoms with E-state index in [2.05, 4.69) is 15.1 Å². The maximum Gasteiger partial charge on any atom is 0.276 e. The van der Waals surface area contributed by atoms with E-state index in [-0.39, 0.29) is 5.60 Å². The molecular weight excluding hydrogens is 232 g/mol. The molecule has 0 aromatic carbocycles. The smallest absolute Gasteiger partial charge is 0.276 e. The van der Waals surface area contributed by atoms with Gasteiger partial charge in [-0.3, -0.25) is 0 Å². The third kappa shape index (κ3) is 1.65. The molecule has 0 bridgehead atoms. The van der Waals surface area contributed by atoms with Crippen LogP contribution in [0.15, 0.2) is 22.7 Å². The zero-order valence-electron chi connectivity index (χ0n) is 10.1.